The lowest BCUT2D eigenvalue weighted by Crippen LogP contribution is -2.01. The number of aromatic nitrogens is 3. The van der Waals surface area contributed by atoms with Gasteiger partial charge in [0.05, 0.1) is 18.1 Å². The summed E-state index contributed by atoms with van der Waals surface area (Å²) in [7, 11) is 0. The Hall–Kier alpha value is -2.14. The Morgan fingerprint density at radius 1 is 1.10 bits per heavy atom. The fourth-order valence-corrected chi connectivity index (χ4v) is 3.06. The molecule has 2 aromatic heterocycles. The van der Waals surface area contributed by atoms with Crippen molar-refractivity contribution in [1.82, 2.24) is 15.0 Å². The monoisotopic (exact) mass is 284 g/mol. The van der Waals surface area contributed by atoms with E-state index < -0.39 is 0 Å². The molecule has 0 radical (unpaired) electrons. The Bertz CT molecular complexity index is 683. The summed E-state index contributed by atoms with van der Waals surface area (Å²) in [6.07, 6.45) is 3.35. The maximum Gasteiger partial charge on any atom is 0.0858 e. The van der Waals surface area contributed by atoms with Crippen LogP contribution in [0.2, 0.25) is 0 Å². The molecule has 0 amide bonds. The van der Waals surface area contributed by atoms with Gasteiger partial charge in [-0.2, -0.15) is 15.0 Å². The van der Waals surface area contributed by atoms with Gasteiger partial charge in [0.15, 0.2) is 0 Å². The topological polar surface area (TPSA) is 42.7 Å². The number of hydrogen-bond donors (Lipinski definition) is 1. The normalized spacial score (nSPS) is 10.7. The third-order valence-corrected chi connectivity index (χ3v) is 4.15. The Kier molecular flexibility index (Phi) is 3.52. The standard InChI is InChI=1S/C15H16N4S/c1-11-9-13(12(2)20-11)10-16-14-3-5-15(6-4-14)19-17-7-8-18-19/h3-9,16H,10H2,1-2H3. The first-order chi connectivity index (χ1) is 9.72. The minimum Gasteiger partial charge on any atom is -0.381 e. The Morgan fingerprint density at radius 3 is 2.40 bits per heavy atom. The summed E-state index contributed by atoms with van der Waals surface area (Å²) in [6, 6.07) is 10.4. The van der Waals surface area contributed by atoms with Crippen molar-refractivity contribution < 1.29 is 0 Å². The molecule has 0 spiro atoms. The van der Waals surface area contributed by atoms with E-state index in [1.165, 1.54) is 15.3 Å². The molecule has 2 heterocycles. The van der Waals surface area contributed by atoms with Crippen molar-refractivity contribution in [1.29, 1.82) is 0 Å². The Labute approximate surface area is 122 Å². The van der Waals surface area contributed by atoms with Crippen LogP contribution in [0, 0.1) is 13.8 Å². The number of rotatable bonds is 4. The molecular formula is C15H16N4S. The Morgan fingerprint density at radius 2 is 1.80 bits per heavy atom. The number of thiophene rings is 1. The molecule has 5 heteroatoms. The predicted octanol–water partition coefficient (Wildman–Crippen LogP) is 3.56. The number of hydrogen-bond acceptors (Lipinski definition) is 4. The molecule has 20 heavy (non-hydrogen) atoms. The molecule has 0 unspecified atom stereocenters. The second-order valence-corrected chi connectivity index (χ2v) is 6.12. The lowest BCUT2D eigenvalue weighted by atomic mass is 10.2. The minimum atomic E-state index is 0.857. The summed E-state index contributed by atoms with van der Waals surface area (Å²) in [4.78, 5) is 4.35. The molecule has 0 saturated carbocycles. The van der Waals surface area contributed by atoms with Crippen LogP contribution in [-0.4, -0.2) is 15.0 Å². The maximum atomic E-state index is 4.11. The lowest BCUT2D eigenvalue weighted by molar-refractivity contribution is 0.752. The molecule has 102 valence electrons. The Balaban J connectivity index is 1.68. The summed E-state index contributed by atoms with van der Waals surface area (Å²) in [5.74, 6) is 0. The molecule has 0 aliphatic rings. The molecule has 0 fully saturated rings. The van der Waals surface area contributed by atoms with Gasteiger partial charge in [-0.15, -0.1) is 11.3 Å². The smallest absolute Gasteiger partial charge is 0.0858 e. The van der Waals surface area contributed by atoms with Crippen LogP contribution in [0.5, 0.6) is 0 Å². The molecule has 0 aliphatic heterocycles. The van der Waals surface area contributed by atoms with Gasteiger partial charge in [0.1, 0.15) is 0 Å². The minimum absolute atomic E-state index is 0.857. The summed E-state index contributed by atoms with van der Waals surface area (Å²) >= 11 is 1.85. The summed E-state index contributed by atoms with van der Waals surface area (Å²) < 4.78 is 0. The zero-order valence-corrected chi connectivity index (χ0v) is 12.3. The van der Waals surface area contributed by atoms with Crippen molar-refractivity contribution in [2.75, 3.05) is 5.32 Å². The van der Waals surface area contributed by atoms with Gasteiger partial charge in [0.2, 0.25) is 0 Å². The van der Waals surface area contributed by atoms with Gasteiger partial charge in [0.25, 0.3) is 0 Å². The van der Waals surface area contributed by atoms with Gasteiger partial charge in [-0.25, -0.2) is 0 Å². The zero-order chi connectivity index (χ0) is 13.9. The van der Waals surface area contributed by atoms with Gasteiger partial charge in [0, 0.05) is 22.0 Å². The van der Waals surface area contributed by atoms with Crippen molar-refractivity contribution in [3.05, 3.63) is 58.0 Å². The van der Waals surface area contributed by atoms with Gasteiger partial charge in [-0.05, 0) is 49.7 Å². The first-order valence-electron chi connectivity index (χ1n) is 6.49. The highest BCUT2D eigenvalue weighted by atomic mass is 32.1. The molecule has 0 bridgehead atoms. The van der Waals surface area contributed by atoms with Gasteiger partial charge < -0.3 is 5.32 Å². The molecular weight excluding hydrogens is 268 g/mol. The van der Waals surface area contributed by atoms with E-state index in [2.05, 4.69) is 35.4 Å². The van der Waals surface area contributed by atoms with Crippen molar-refractivity contribution in [2.24, 2.45) is 0 Å². The van der Waals surface area contributed by atoms with E-state index in [0.29, 0.717) is 0 Å². The molecule has 1 aromatic carbocycles. The zero-order valence-electron chi connectivity index (χ0n) is 11.5. The fraction of sp³-hybridized carbons (Fsp3) is 0.200. The highest BCUT2D eigenvalue weighted by molar-refractivity contribution is 7.12. The molecule has 1 N–H and O–H groups in total. The van der Waals surface area contributed by atoms with Gasteiger partial charge >= 0.3 is 0 Å². The van der Waals surface area contributed by atoms with Crippen LogP contribution in [0.4, 0.5) is 5.69 Å². The van der Waals surface area contributed by atoms with Gasteiger partial charge in [-0.3, -0.25) is 0 Å². The van der Waals surface area contributed by atoms with E-state index in [4.69, 9.17) is 0 Å². The van der Waals surface area contributed by atoms with E-state index in [-0.39, 0.29) is 0 Å². The highest BCUT2D eigenvalue weighted by Crippen LogP contribution is 2.21. The fourth-order valence-electron chi connectivity index (χ4n) is 2.12. The number of aryl methyl sites for hydroxylation is 2. The van der Waals surface area contributed by atoms with E-state index in [0.717, 1.165) is 17.9 Å². The number of anilines is 1. The van der Waals surface area contributed by atoms with E-state index in [1.54, 1.807) is 17.2 Å². The average Bonchev–Trinajstić information content (AvgIpc) is 3.07. The van der Waals surface area contributed by atoms with Crippen LogP contribution in [0.1, 0.15) is 15.3 Å². The maximum absolute atomic E-state index is 4.11. The van der Waals surface area contributed by atoms with Crippen LogP contribution in [-0.2, 0) is 6.54 Å². The number of nitrogens with one attached hydrogen (secondary N) is 1. The summed E-state index contributed by atoms with van der Waals surface area (Å²) in [5.41, 5.74) is 3.43. The lowest BCUT2D eigenvalue weighted by Gasteiger charge is -2.07. The molecule has 0 atom stereocenters. The SMILES string of the molecule is Cc1cc(CNc2ccc(-n3nccn3)cc2)c(C)s1. The van der Waals surface area contributed by atoms with Crippen LogP contribution in [0.25, 0.3) is 5.69 Å². The van der Waals surface area contributed by atoms with E-state index in [1.807, 2.05) is 35.6 Å². The van der Waals surface area contributed by atoms with Crippen molar-refractivity contribution in [3.63, 3.8) is 0 Å². The third kappa shape index (κ3) is 2.72. The van der Waals surface area contributed by atoms with E-state index >= 15 is 0 Å². The molecule has 4 nitrogen and oxygen atoms in total. The highest BCUT2D eigenvalue weighted by Gasteiger charge is 2.03. The van der Waals surface area contributed by atoms with Gasteiger partial charge in [-0.1, -0.05) is 0 Å². The molecule has 3 rings (SSSR count). The van der Waals surface area contributed by atoms with Crippen LogP contribution in [0.3, 0.4) is 0 Å². The van der Waals surface area contributed by atoms with Crippen LogP contribution >= 0.6 is 11.3 Å². The first-order valence-corrected chi connectivity index (χ1v) is 7.30. The van der Waals surface area contributed by atoms with E-state index in [9.17, 15) is 0 Å². The second kappa shape index (κ2) is 5.46. The van der Waals surface area contributed by atoms with Crippen LogP contribution < -0.4 is 5.32 Å². The third-order valence-electron chi connectivity index (χ3n) is 3.14. The second-order valence-electron chi connectivity index (χ2n) is 4.66. The molecule has 0 saturated heterocycles. The summed E-state index contributed by atoms with van der Waals surface area (Å²) in [6.45, 7) is 5.17. The summed E-state index contributed by atoms with van der Waals surface area (Å²) in [5, 5.41) is 11.7. The average molecular weight is 284 g/mol. The predicted molar refractivity (Wildman–Crippen MR) is 82.5 cm³/mol. The van der Waals surface area contributed by atoms with Crippen molar-refractivity contribution in [2.45, 2.75) is 20.4 Å². The molecule has 3 aromatic rings. The first kappa shape index (κ1) is 12.9. The number of nitrogens with zero attached hydrogens (tertiary/aromatic N) is 3. The quantitative estimate of drug-likeness (QED) is 0.796. The van der Waals surface area contributed by atoms with Crippen molar-refractivity contribution in [3.8, 4) is 5.69 Å². The number of benzene rings is 1. The van der Waals surface area contributed by atoms with Crippen LogP contribution in [0.15, 0.2) is 42.7 Å². The largest absolute Gasteiger partial charge is 0.381 e. The van der Waals surface area contributed by atoms with Crippen molar-refractivity contribution >= 4 is 17.0 Å². The molecule has 0 aliphatic carbocycles.